The lowest BCUT2D eigenvalue weighted by molar-refractivity contribution is 1.01. The number of nitrogens with zero attached hydrogens (tertiary/aromatic N) is 4. The molecule has 0 aliphatic carbocycles. The van der Waals surface area contributed by atoms with Gasteiger partial charge in [-0.1, -0.05) is 11.6 Å². The molecule has 2 aromatic rings. The molecule has 0 aliphatic rings. The highest BCUT2D eigenvalue weighted by Gasteiger charge is 2.08. The van der Waals surface area contributed by atoms with Gasteiger partial charge in [0.1, 0.15) is 5.52 Å². The summed E-state index contributed by atoms with van der Waals surface area (Å²) in [5.74, 6) is 0.560. The topological polar surface area (TPSA) is 57.7 Å². The van der Waals surface area contributed by atoms with E-state index in [-0.39, 0.29) is 0 Å². The molecule has 6 heteroatoms. The summed E-state index contributed by atoms with van der Waals surface area (Å²) in [4.78, 5) is 16.9. The molecule has 0 amide bonds. The third kappa shape index (κ3) is 1.31. The van der Waals surface area contributed by atoms with Crippen LogP contribution < -0.4 is 4.90 Å². The van der Waals surface area contributed by atoms with E-state index >= 15 is 0 Å². The van der Waals surface area contributed by atoms with Crippen LogP contribution in [0.4, 0.5) is 5.95 Å². The first kappa shape index (κ1) is 8.25. The molecule has 0 aliphatic heterocycles. The van der Waals surface area contributed by atoms with Crippen molar-refractivity contribution in [3.05, 3.63) is 11.5 Å². The second-order valence-corrected chi connectivity index (χ2v) is 3.17. The van der Waals surface area contributed by atoms with E-state index in [2.05, 4.69) is 19.9 Å². The van der Waals surface area contributed by atoms with Gasteiger partial charge in [0.15, 0.2) is 10.8 Å². The standard InChI is InChI=1S/C7H8ClN5/c1-13(2)7-11-5(8)4-6(12-7)10-3-9-4/h3H,1-2H3,(H,9,10,11,12). The number of aromatic nitrogens is 4. The maximum atomic E-state index is 5.90. The van der Waals surface area contributed by atoms with E-state index in [1.165, 1.54) is 0 Å². The Bertz CT molecular complexity index is 435. The Morgan fingerprint density at radius 1 is 1.38 bits per heavy atom. The van der Waals surface area contributed by atoms with Crippen molar-refractivity contribution in [1.82, 2.24) is 19.9 Å². The number of halogens is 1. The average Bonchev–Trinajstić information content (AvgIpc) is 2.51. The van der Waals surface area contributed by atoms with Crippen molar-refractivity contribution in [2.75, 3.05) is 19.0 Å². The van der Waals surface area contributed by atoms with E-state index in [1.807, 2.05) is 14.1 Å². The summed E-state index contributed by atoms with van der Waals surface area (Å²) in [5, 5.41) is 0.395. The fraction of sp³-hybridized carbons (Fsp3) is 0.286. The van der Waals surface area contributed by atoms with Crippen molar-refractivity contribution < 1.29 is 0 Å². The summed E-state index contributed by atoms with van der Waals surface area (Å²) in [5.41, 5.74) is 1.26. The number of imidazole rings is 1. The van der Waals surface area contributed by atoms with E-state index in [4.69, 9.17) is 11.6 Å². The van der Waals surface area contributed by atoms with Crippen molar-refractivity contribution in [2.45, 2.75) is 0 Å². The zero-order valence-corrected chi connectivity index (χ0v) is 8.00. The summed E-state index contributed by atoms with van der Waals surface area (Å²) in [6.45, 7) is 0. The molecule has 2 rings (SSSR count). The number of nitrogens with one attached hydrogen (secondary N) is 1. The van der Waals surface area contributed by atoms with Gasteiger partial charge in [-0.05, 0) is 0 Å². The number of hydrogen-bond donors (Lipinski definition) is 1. The van der Waals surface area contributed by atoms with Crippen LogP contribution >= 0.6 is 11.6 Å². The molecule has 0 aromatic carbocycles. The first-order valence-electron chi connectivity index (χ1n) is 3.72. The van der Waals surface area contributed by atoms with E-state index in [9.17, 15) is 0 Å². The third-order valence-electron chi connectivity index (χ3n) is 1.63. The maximum Gasteiger partial charge on any atom is 0.228 e. The van der Waals surface area contributed by atoms with Crippen molar-refractivity contribution >= 4 is 28.7 Å². The summed E-state index contributed by atoms with van der Waals surface area (Å²) in [7, 11) is 3.70. The highest BCUT2D eigenvalue weighted by Crippen LogP contribution is 2.18. The molecular formula is C7H8ClN5. The summed E-state index contributed by atoms with van der Waals surface area (Å²) >= 11 is 5.90. The van der Waals surface area contributed by atoms with E-state index in [1.54, 1.807) is 11.2 Å². The molecule has 0 saturated carbocycles. The molecule has 0 radical (unpaired) electrons. The monoisotopic (exact) mass is 197 g/mol. The molecule has 13 heavy (non-hydrogen) atoms. The first-order chi connectivity index (χ1) is 6.18. The van der Waals surface area contributed by atoms with Crippen LogP contribution in [0.25, 0.3) is 11.2 Å². The lowest BCUT2D eigenvalue weighted by Gasteiger charge is -2.08. The van der Waals surface area contributed by atoms with Crippen LogP contribution in [0.5, 0.6) is 0 Å². The van der Waals surface area contributed by atoms with E-state index in [0.29, 0.717) is 22.3 Å². The van der Waals surface area contributed by atoms with Crippen molar-refractivity contribution in [2.24, 2.45) is 0 Å². The molecule has 2 heterocycles. The summed E-state index contributed by atoms with van der Waals surface area (Å²) in [6, 6.07) is 0. The van der Waals surface area contributed by atoms with Crippen molar-refractivity contribution in [3.63, 3.8) is 0 Å². The fourth-order valence-corrected chi connectivity index (χ4v) is 1.20. The number of fused-ring (bicyclic) bond motifs is 1. The molecule has 0 bridgehead atoms. The van der Waals surface area contributed by atoms with Crippen molar-refractivity contribution in [1.29, 1.82) is 0 Å². The predicted molar refractivity (Wildman–Crippen MR) is 51.0 cm³/mol. The van der Waals surface area contributed by atoms with Gasteiger partial charge in [-0.2, -0.15) is 9.97 Å². The van der Waals surface area contributed by atoms with Crippen LogP contribution in [-0.4, -0.2) is 34.0 Å². The minimum Gasteiger partial charge on any atom is -0.347 e. The Morgan fingerprint density at radius 3 is 2.85 bits per heavy atom. The molecule has 0 saturated heterocycles. The second-order valence-electron chi connectivity index (χ2n) is 2.81. The van der Waals surface area contributed by atoms with Gasteiger partial charge in [-0.25, -0.2) is 4.98 Å². The molecule has 0 atom stereocenters. The van der Waals surface area contributed by atoms with Gasteiger partial charge in [0.05, 0.1) is 6.33 Å². The average molecular weight is 198 g/mol. The highest BCUT2D eigenvalue weighted by atomic mass is 35.5. The third-order valence-corrected chi connectivity index (χ3v) is 1.90. The van der Waals surface area contributed by atoms with Crippen LogP contribution in [0.1, 0.15) is 0 Å². The van der Waals surface area contributed by atoms with Crippen LogP contribution in [-0.2, 0) is 0 Å². The Hall–Kier alpha value is -1.36. The largest absolute Gasteiger partial charge is 0.347 e. The number of aromatic amines is 1. The zero-order chi connectivity index (χ0) is 9.42. The predicted octanol–water partition coefficient (Wildman–Crippen LogP) is 1.07. The molecule has 0 fully saturated rings. The zero-order valence-electron chi connectivity index (χ0n) is 7.24. The second kappa shape index (κ2) is 2.85. The first-order valence-corrected chi connectivity index (χ1v) is 4.10. The number of anilines is 1. The van der Waals surface area contributed by atoms with Gasteiger partial charge in [-0.15, -0.1) is 0 Å². The fourth-order valence-electron chi connectivity index (χ4n) is 0.987. The minimum absolute atomic E-state index is 0.395. The molecule has 68 valence electrons. The lowest BCUT2D eigenvalue weighted by atomic mass is 10.5. The van der Waals surface area contributed by atoms with Crippen LogP contribution in [0.3, 0.4) is 0 Å². The minimum atomic E-state index is 0.395. The highest BCUT2D eigenvalue weighted by molar-refractivity contribution is 6.33. The Morgan fingerprint density at radius 2 is 2.15 bits per heavy atom. The normalized spacial score (nSPS) is 10.7. The SMILES string of the molecule is CN(C)c1nc(Cl)c2[nH]cnc2n1. The van der Waals surface area contributed by atoms with E-state index < -0.39 is 0 Å². The van der Waals surface area contributed by atoms with E-state index in [0.717, 1.165) is 0 Å². The van der Waals surface area contributed by atoms with Gasteiger partial charge in [0, 0.05) is 14.1 Å². The van der Waals surface area contributed by atoms with Gasteiger partial charge in [0.25, 0.3) is 0 Å². The van der Waals surface area contributed by atoms with Gasteiger partial charge in [-0.3, -0.25) is 0 Å². The molecule has 5 nitrogen and oxygen atoms in total. The molecular weight excluding hydrogens is 190 g/mol. The van der Waals surface area contributed by atoms with Crippen LogP contribution in [0, 0.1) is 0 Å². The van der Waals surface area contributed by atoms with Crippen molar-refractivity contribution in [3.8, 4) is 0 Å². The quantitative estimate of drug-likeness (QED) is 0.695. The van der Waals surface area contributed by atoms with Crippen LogP contribution in [0.15, 0.2) is 6.33 Å². The maximum absolute atomic E-state index is 5.90. The molecule has 1 N–H and O–H groups in total. The molecule has 2 aromatic heterocycles. The smallest absolute Gasteiger partial charge is 0.228 e. The lowest BCUT2D eigenvalue weighted by Crippen LogP contribution is -2.12. The number of rotatable bonds is 1. The van der Waals surface area contributed by atoms with Gasteiger partial charge in [0.2, 0.25) is 5.95 Å². The van der Waals surface area contributed by atoms with Gasteiger partial charge < -0.3 is 9.88 Å². The Kier molecular flexibility index (Phi) is 1.81. The Labute approximate surface area is 79.8 Å². The number of H-pyrrole nitrogens is 1. The van der Waals surface area contributed by atoms with Crippen LogP contribution in [0.2, 0.25) is 5.15 Å². The summed E-state index contributed by atoms with van der Waals surface area (Å²) in [6.07, 6.45) is 1.55. The molecule has 0 spiro atoms. The summed E-state index contributed by atoms with van der Waals surface area (Å²) < 4.78 is 0. The number of hydrogen-bond acceptors (Lipinski definition) is 4. The molecule has 0 unspecified atom stereocenters. The Balaban J connectivity index is 2.70. The van der Waals surface area contributed by atoms with Gasteiger partial charge >= 0.3 is 0 Å².